The average molecular weight is 380 g/mol. The van der Waals surface area contributed by atoms with Crippen molar-refractivity contribution in [3.63, 3.8) is 0 Å². The van der Waals surface area contributed by atoms with Crippen molar-refractivity contribution < 1.29 is 4.74 Å². The van der Waals surface area contributed by atoms with Crippen molar-refractivity contribution in [1.82, 2.24) is 0 Å². The molecule has 100 valence electrons. The summed E-state index contributed by atoms with van der Waals surface area (Å²) in [5, 5.41) is 0.595. The molecule has 1 nitrogen and oxygen atoms in total. The van der Waals surface area contributed by atoms with Crippen LogP contribution in [0.15, 0.2) is 40.9 Å². The lowest BCUT2D eigenvalue weighted by Gasteiger charge is -2.17. The molecule has 0 radical (unpaired) electrons. The molecule has 0 heterocycles. The SMILES string of the molecule is COc1ccc(Br)cc1C(Cl)c1c(Cl)cccc1Cl. The highest BCUT2D eigenvalue weighted by atomic mass is 79.9. The number of alkyl halides is 1. The first kappa shape index (κ1) is 15.0. The second kappa shape index (κ2) is 6.36. The maximum Gasteiger partial charge on any atom is 0.123 e. The van der Waals surface area contributed by atoms with E-state index in [2.05, 4.69) is 15.9 Å². The maximum atomic E-state index is 6.53. The molecular weight excluding hydrogens is 370 g/mol. The van der Waals surface area contributed by atoms with Crippen LogP contribution in [0.1, 0.15) is 16.5 Å². The molecule has 2 aromatic carbocycles. The summed E-state index contributed by atoms with van der Waals surface area (Å²) in [6, 6.07) is 11.0. The van der Waals surface area contributed by atoms with E-state index >= 15 is 0 Å². The number of benzene rings is 2. The van der Waals surface area contributed by atoms with Gasteiger partial charge in [-0.3, -0.25) is 0 Å². The normalized spacial score (nSPS) is 12.3. The van der Waals surface area contributed by atoms with Crippen LogP contribution in [0.2, 0.25) is 10.0 Å². The molecule has 0 fully saturated rings. The minimum Gasteiger partial charge on any atom is -0.496 e. The standard InChI is InChI=1S/C14H10BrCl3O/c1-19-12-6-5-8(15)7-9(12)14(18)13-10(16)3-2-4-11(13)17/h2-7,14H,1H3. The highest BCUT2D eigenvalue weighted by Crippen LogP contribution is 2.42. The highest BCUT2D eigenvalue weighted by molar-refractivity contribution is 9.10. The second-order valence-corrected chi connectivity index (χ2v) is 6.05. The van der Waals surface area contributed by atoms with Crippen LogP contribution in [0.25, 0.3) is 0 Å². The number of methoxy groups -OCH3 is 1. The zero-order valence-corrected chi connectivity index (χ0v) is 13.8. The first-order valence-corrected chi connectivity index (χ1v) is 7.44. The molecule has 2 aromatic rings. The molecule has 1 atom stereocenters. The lowest BCUT2D eigenvalue weighted by molar-refractivity contribution is 0.410. The Bertz CT molecular complexity index is 581. The molecular formula is C14H10BrCl3O. The molecule has 0 saturated heterocycles. The van der Waals surface area contributed by atoms with E-state index in [0.29, 0.717) is 21.4 Å². The van der Waals surface area contributed by atoms with E-state index in [9.17, 15) is 0 Å². The maximum absolute atomic E-state index is 6.53. The number of hydrogen-bond acceptors (Lipinski definition) is 1. The van der Waals surface area contributed by atoms with Gasteiger partial charge < -0.3 is 4.74 Å². The molecule has 0 N–H and O–H groups in total. The Hall–Kier alpha value is -0.410. The smallest absolute Gasteiger partial charge is 0.123 e. The summed E-state index contributed by atoms with van der Waals surface area (Å²) in [7, 11) is 1.60. The van der Waals surface area contributed by atoms with Crippen LogP contribution in [-0.2, 0) is 0 Å². The molecule has 0 amide bonds. The minimum atomic E-state index is -0.478. The van der Waals surface area contributed by atoms with Crippen LogP contribution < -0.4 is 4.74 Å². The largest absolute Gasteiger partial charge is 0.496 e. The summed E-state index contributed by atoms with van der Waals surface area (Å²) >= 11 is 22.3. The molecule has 19 heavy (non-hydrogen) atoms. The topological polar surface area (TPSA) is 9.23 Å². The van der Waals surface area contributed by atoms with E-state index in [1.54, 1.807) is 25.3 Å². The molecule has 0 aliphatic rings. The van der Waals surface area contributed by atoms with Gasteiger partial charge >= 0.3 is 0 Å². The van der Waals surface area contributed by atoms with E-state index in [0.717, 1.165) is 10.0 Å². The van der Waals surface area contributed by atoms with Gasteiger partial charge in [0, 0.05) is 25.6 Å². The third kappa shape index (κ3) is 3.19. The summed E-state index contributed by atoms with van der Waals surface area (Å²) in [5.41, 5.74) is 1.50. The molecule has 0 spiro atoms. The molecule has 2 rings (SSSR count). The van der Waals surface area contributed by atoms with Crippen molar-refractivity contribution in [2.75, 3.05) is 7.11 Å². The summed E-state index contributed by atoms with van der Waals surface area (Å²) in [5.74, 6) is 0.694. The lowest BCUT2D eigenvalue weighted by atomic mass is 10.0. The quantitative estimate of drug-likeness (QED) is 0.585. The minimum absolute atomic E-state index is 0.478. The van der Waals surface area contributed by atoms with Gasteiger partial charge in [-0.2, -0.15) is 0 Å². The third-order valence-corrected chi connectivity index (χ3v) is 4.32. The summed E-state index contributed by atoms with van der Waals surface area (Å²) in [4.78, 5) is 0. The van der Waals surface area contributed by atoms with Crippen LogP contribution >= 0.6 is 50.7 Å². The highest BCUT2D eigenvalue weighted by Gasteiger charge is 2.21. The Kier molecular flexibility index (Phi) is 5.02. The summed E-state index contributed by atoms with van der Waals surface area (Å²) in [6.45, 7) is 0. The van der Waals surface area contributed by atoms with Crippen LogP contribution in [0.3, 0.4) is 0 Å². The Balaban J connectivity index is 2.55. The Labute approximate surface area is 135 Å². The fourth-order valence-corrected chi connectivity index (χ4v) is 3.32. The van der Waals surface area contributed by atoms with E-state index in [4.69, 9.17) is 39.5 Å². The van der Waals surface area contributed by atoms with Crippen molar-refractivity contribution in [2.45, 2.75) is 5.38 Å². The lowest BCUT2D eigenvalue weighted by Crippen LogP contribution is -1.99. The molecule has 5 heteroatoms. The first-order valence-electron chi connectivity index (χ1n) is 5.46. The number of hydrogen-bond donors (Lipinski definition) is 0. The molecule has 0 aliphatic carbocycles. The monoisotopic (exact) mass is 378 g/mol. The zero-order valence-electron chi connectivity index (χ0n) is 9.96. The van der Waals surface area contributed by atoms with Gasteiger partial charge in [0.15, 0.2) is 0 Å². The van der Waals surface area contributed by atoms with Crippen LogP contribution in [0, 0.1) is 0 Å². The fraction of sp³-hybridized carbons (Fsp3) is 0.143. The van der Waals surface area contributed by atoms with Crippen molar-refractivity contribution in [1.29, 1.82) is 0 Å². The molecule has 0 aromatic heterocycles. The predicted octanol–water partition coefficient (Wildman–Crippen LogP) is 6.09. The van der Waals surface area contributed by atoms with Crippen molar-refractivity contribution in [3.8, 4) is 5.75 Å². The van der Waals surface area contributed by atoms with Gasteiger partial charge in [-0.25, -0.2) is 0 Å². The summed E-state index contributed by atoms with van der Waals surface area (Å²) in [6.07, 6.45) is 0. The number of ether oxygens (including phenoxy) is 1. The van der Waals surface area contributed by atoms with Gasteiger partial charge in [-0.15, -0.1) is 11.6 Å². The van der Waals surface area contributed by atoms with Gasteiger partial charge in [-0.05, 0) is 30.3 Å². The van der Waals surface area contributed by atoms with Gasteiger partial charge in [0.25, 0.3) is 0 Å². The van der Waals surface area contributed by atoms with Crippen LogP contribution in [-0.4, -0.2) is 7.11 Å². The Morgan fingerprint density at radius 2 is 1.74 bits per heavy atom. The number of halogens is 4. The Morgan fingerprint density at radius 3 is 2.32 bits per heavy atom. The molecule has 0 aliphatic heterocycles. The second-order valence-electron chi connectivity index (χ2n) is 3.88. The van der Waals surface area contributed by atoms with Crippen molar-refractivity contribution in [2.24, 2.45) is 0 Å². The van der Waals surface area contributed by atoms with E-state index < -0.39 is 5.38 Å². The average Bonchev–Trinajstić information content (AvgIpc) is 2.38. The van der Waals surface area contributed by atoms with Gasteiger partial charge in [-0.1, -0.05) is 45.2 Å². The van der Waals surface area contributed by atoms with Crippen molar-refractivity contribution in [3.05, 3.63) is 62.0 Å². The van der Waals surface area contributed by atoms with E-state index in [1.165, 1.54) is 0 Å². The van der Waals surface area contributed by atoms with Gasteiger partial charge in [0.1, 0.15) is 5.75 Å². The van der Waals surface area contributed by atoms with Gasteiger partial charge in [0.05, 0.1) is 12.5 Å². The molecule has 1 unspecified atom stereocenters. The fourth-order valence-electron chi connectivity index (χ4n) is 1.81. The third-order valence-electron chi connectivity index (χ3n) is 2.72. The van der Waals surface area contributed by atoms with Crippen LogP contribution in [0.4, 0.5) is 0 Å². The number of rotatable bonds is 3. The van der Waals surface area contributed by atoms with Crippen LogP contribution in [0.5, 0.6) is 5.75 Å². The van der Waals surface area contributed by atoms with E-state index in [-0.39, 0.29) is 0 Å². The first-order chi connectivity index (χ1) is 9.04. The van der Waals surface area contributed by atoms with Crippen molar-refractivity contribution >= 4 is 50.7 Å². The molecule has 0 saturated carbocycles. The Morgan fingerprint density at radius 1 is 1.11 bits per heavy atom. The predicted molar refractivity (Wildman–Crippen MR) is 84.9 cm³/mol. The summed E-state index contributed by atoms with van der Waals surface area (Å²) < 4.78 is 6.25. The molecule has 0 bridgehead atoms. The van der Waals surface area contributed by atoms with Gasteiger partial charge in [0.2, 0.25) is 0 Å². The zero-order chi connectivity index (χ0) is 14.0. The van der Waals surface area contributed by atoms with E-state index in [1.807, 2.05) is 18.2 Å².